The quantitative estimate of drug-likeness (QED) is 0.214. The Hall–Kier alpha value is -1.64. The van der Waals surface area contributed by atoms with Crippen LogP contribution in [0.3, 0.4) is 0 Å². The highest BCUT2D eigenvalue weighted by Gasteiger charge is 2.28. The highest BCUT2D eigenvalue weighted by atomic mass is 127. The number of benzene rings is 1. The third-order valence-electron chi connectivity index (χ3n) is 6.61. The molecule has 7 heteroatoms. The Morgan fingerprint density at radius 2 is 1.84 bits per heavy atom. The lowest BCUT2D eigenvalue weighted by atomic mass is 9.76. The van der Waals surface area contributed by atoms with Crippen LogP contribution in [0.2, 0.25) is 0 Å². The molecule has 0 saturated heterocycles. The second-order valence-corrected chi connectivity index (χ2v) is 8.30. The maximum Gasteiger partial charge on any atom is 0.191 e. The highest BCUT2D eigenvalue weighted by molar-refractivity contribution is 14.0. The van der Waals surface area contributed by atoms with E-state index in [0.29, 0.717) is 0 Å². The summed E-state index contributed by atoms with van der Waals surface area (Å²) in [7, 11) is 1.84. The topological polar surface area (TPSA) is 67.1 Å². The molecule has 172 valence electrons. The van der Waals surface area contributed by atoms with Crippen LogP contribution >= 0.6 is 24.0 Å². The molecule has 0 aliphatic carbocycles. The minimum Gasteiger partial charge on any atom is -0.356 e. The molecule has 6 nitrogen and oxygen atoms in total. The third kappa shape index (κ3) is 6.67. The molecule has 2 aromatic rings. The number of hydrogen-bond donors (Lipinski definition) is 2. The average molecular weight is 539 g/mol. The fourth-order valence-corrected chi connectivity index (χ4v) is 4.46. The van der Waals surface area contributed by atoms with E-state index in [0.717, 1.165) is 63.5 Å². The van der Waals surface area contributed by atoms with Gasteiger partial charge in [0.05, 0.1) is 0 Å². The van der Waals surface area contributed by atoms with Crippen molar-refractivity contribution in [3.05, 3.63) is 47.5 Å². The first-order valence-electron chi connectivity index (χ1n) is 11.6. The summed E-state index contributed by atoms with van der Waals surface area (Å²) in [5.41, 5.74) is 1.52. The van der Waals surface area contributed by atoms with Crippen molar-refractivity contribution in [2.24, 2.45) is 4.99 Å². The molecule has 0 atom stereocenters. The summed E-state index contributed by atoms with van der Waals surface area (Å²) in [4.78, 5) is 4.43. The minimum atomic E-state index is 0. The molecule has 31 heavy (non-hydrogen) atoms. The molecular formula is C24H39IN6. The van der Waals surface area contributed by atoms with Crippen molar-refractivity contribution >= 4 is 29.9 Å². The van der Waals surface area contributed by atoms with E-state index < -0.39 is 0 Å². The number of nitrogens with zero attached hydrogens (tertiary/aromatic N) is 4. The molecule has 0 unspecified atom stereocenters. The fraction of sp³-hybridized carbons (Fsp3) is 0.625. The molecule has 0 spiro atoms. The van der Waals surface area contributed by atoms with Gasteiger partial charge >= 0.3 is 0 Å². The predicted molar refractivity (Wildman–Crippen MR) is 139 cm³/mol. The first kappa shape index (κ1) is 25.6. The van der Waals surface area contributed by atoms with Gasteiger partial charge in [-0.05, 0) is 37.7 Å². The van der Waals surface area contributed by atoms with Crippen LogP contribution < -0.4 is 10.6 Å². The number of aryl methyl sites for hydroxylation is 2. The van der Waals surface area contributed by atoms with Gasteiger partial charge in [0.2, 0.25) is 0 Å². The van der Waals surface area contributed by atoms with Gasteiger partial charge < -0.3 is 15.2 Å². The zero-order chi connectivity index (χ0) is 21.2. The summed E-state index contributed by atoms with van der Waals surface area (Å²) in [5.74, 6) is 3.18. The van der Waals surface area contributed by atoms with Crippen LogP contribution in [0.4, 0.5) is 0 Å². The zero-order valence-corrected chi connectivity index (χ0v) is 21.7. The number of hydrogen-bond acceptors (Lipinski definition) is 3. The molecule has 0 amide bonds. The average Bonchev–Trinajstić information content (AvgIpc) is 3.02. The lowest BCUT2D eigenvalue weighted by Gasteiger charge is -2.33. The first-order valence-corrected chi connectivity index (χ1v) is 11.6. The largest absolute Gasteiger partial charge is 0.356 e. The summed E-state index contributed by atoms with van der Waals surface area (Å²) in [6.45, 7) is 7.37. The fourth-order valence-electron chi connectivity index (χ4n) is 4.46. The summed E-state index contributed by atoms with van der Waals surface area (Å²) < 4.78 is 2.34. The molecule has 0 radical (unpaired) electrons. The Labute approximate surface area is 204 Å². The van der Waals surface area contributed by atoms with Gasteiger partial charge in [-0.3, -0.25) is 4.99 Å². The van der Waals surface area contributed by atoms with Crippen LogP contribution in [0, 0.1) is 0 Å². The van der Waals surface area contributed by atoms with E-state index in [9.17, 15) is 0 Å². The molecule has 0 bridgehead atoms. The monoisotopic (exact) mass is 538 g/mol. The second kappa shape index (κ2) is 13.0. The smallest absolute Gasteiger partial charge is 0.191 e. The van der Waals surface area contributed by atoms with E-state index in [1.165, 1.54) is 30.7 Å². The summed E-state index contributed by atoms with van der Waals surface area (Å²) >= 11 is 0. The molecular weight excluding hydrogens is 499 g/mol. The van der Waals surface area contributed by atoms with E-state index >= 15 is 0 Å². The molecule has 2 N–H and O–H groups in total. The van der Waals surface area contributed by atoms with Crippen molar-refractivity contribution in [1.82, 2.24) is 25.4 Å². The highest BCUT2D eigenvalue weighted by Crippen LogP contribution is 2.30. The van der Waals surface area contributed by atoms with Crippen molar-refractivity contribution in [2.75, 3.05) is 20.1 Å². The normalized spacial score (nSPS) is 14.4. The lowest BCUT2D eigenvalue weighted by molar-refractivity contribution is 0.389. The molecule has 0 fully saturated rings. The van der Waals surface area contributed by atoms with Gasteiger partial charge in [-0.1, -0.05) is 50.6 Å². The van der Waals surface area contributed by atoms with Gasteiger partial charge in [0.25, 0.3) is 0 Å². The number of aliphatic imine (C=N–C) groups is 1. The Morgan fingerprint density at radius 1 is 1.06 bits per heavy atom. The molecule has 2 heterocycles. The number of fused-ring (bicyclic) bond motifs is 1. The third-order valence-corrected chi connectivity index (χ3v) is 6.61. The summed E-state index contributed by atoms with van der Waals surface area (Å²) in [5, 5.41) is 15.9. The predicted octanol–water partition coefficient (Wildman–Crippen LogP) is 4.48. The van der Waals surface area contributed by atoms with Crippen LogP contribution in [0.1, 0.15) is 69.6 Å². The maximum absolute atomic E-state index is 4.44. The van der Waals surface area contributed by atoms with E-state index in [4.69, 9.17) is 0 Å². The number of nitrogens with one attached hydrogen (secondary N) is 2. The van der Waals surface area contributed by atoms with Gasteiger partial charge in [-0.2, -0.15) is 0 Å². The molecule has 0 saturated carbocycles. The number of rotatable bonds is 9. The Morgan fingerprint density at radius 3 is 2.55 bits per heavy atom. The van der Waals surface area contributed by atoms with E-state index in [1.54, 1.807) is 0 Å². The first-order chi connectivity index (χ1) is 14.7. The van der Waals surface area contributed by atoms with Crippen molar-refractivity contribution in [3.8, 4) is 0 Å². The van der Waals surface area contributed by atoms with Crippen molar-refractivity contribution in [1.29, 1.82) is 0 Å². The van der Waals surface area contributed by atoms with E-state index in [2.05, 4.69) is 74.6 Å². The standard InChI is InChI=1S/C24H38N6.HI/c1-4-24(5-2,20-13-8-6-9-14-20)19-27-23(25-3)26-17-12-16-22-29-28-21-15-10-7-11-18-30(21)22;/h6,8-9,13-14H,4-5,7,10-12,15-19H2,1-3H3,(H2,25,26,27);1H. The Balaban J connectivity index is 0.00000341. The van der Waals surface area contributed by atoms with Crippen LogP contribution in [0.25, 0.3) is 0 Å². The van der Waals surface area contributed by atoms with Crippen LogP contribution in [0.5, 0.6) is 0 Å². The Kier molecular flexibility index (Phi) is 10.8. The van der Waals surface area contributed by atoms with Gasteiger partial charge in [0.15, 0.2) is 5.96 Å². The van der Waals surface area contributed by atoms with Gasteiger partial charge in [-0.15, -0.1) is 34.2 Å². The maximum atomic E-state index is 4.44. The molecule has 1 aliphatic heterocycles. The number of aromatic nitrogens is 3. The van der Waals surface area contributed by atoms with Gasteiger partial charge in [0.1, 0.15) is 11.6 Å². The van der Waals surface area contributed by atoms with E-state index in [-0.39, 0.29) is 29.4 Å². The number of halogens is 1. The van der Waals surface area contributed by atoms with Crippen LogP contribution in [-0.2, 0) is 24.8 Å². The van der Waals surface area contributed by atoms with Crippen LogP contribution in [-0.4, -0.2) is 40.9 Å². The van der Waals surface area contributed by atoms with E-state index in [1.807, 2.05) is 7.05 Å². The van der Waals surface area contributed by atoms with Crippen molar-refractivity contribution < 1.29 is 0 Å². The summed E-state index contributed by atoms with van der Waals surface area (Å²) in [6.07, 6.45) is 9.00. The molecule has 1 aliphatic rings. The van der Waals surface area contributed by atoms with Gasteiger partial charge in [-0.25, -0.2) is 0 Å². The minimum absolute atomic E-state index is 0. The van der Waals surface area contributed by atoms with Gasteiger partial charge in [0, 0.05) is 44.9 Å². The summed E-state index contributed by atoms with van der Waals surface area (Å²) in [6, 6.07) is 10.8. The number of guanidine groups is 1. The molecule has 1 aromatic carbocycles. The van der Waals surface area contributed by atoms with Crippen molar-refractivity contribution in [2.45, 2.75) is 77.2 Å². The Bertz CT molecular complexity index is 798. The van der Waals surface area contributed by atoms with Crippen LogP contribution in [0.15, 0.2) is 35.3 Å². The van der Waals surface area contributed by atoms with Crippen molar-refractivity contribution in [3.63, 3.8) is 0 Å². The zero-order valence-electron chi connectivity index (χ0n) is 19.4. The second-order valence-electron chi connectivity index (χ2n) is 8.30. The molecule has 3 rings (SSSR count). The molecule has 1 aromatic heterocycles. The lowest BCUT2D eigenvalue weighted by Crippen LogP contribution is -2.45. The SMILES string of the molecule is CCC(CC)(CNC(=NC)NCCCc1nnc2n1CCCCC2)c1ccccc1.I.